The summed E-state index contributed by atoms with van der Waals surface area (Å²) >= 11 is 6.59. The molecule has 3 heteroatoms. The summed E-state index contributed by atoms with van der Waals surface area (Å²) in [5, 5.41) is 0.471. The van der Waals surface area contributed by atoms with Gasteiger partial charge in [0.25, 0.3) is 0 Å². The third-order valence-electron chi connectivity index (χ3n) is 2.29. The van der Waals surface area contributed by atoms with Gasteiger partial charge in [-0.2, -0.15) is 0 Å². The summed E-state index contributed by atoms with van der Waals surface area (Å²) in [5.74, 6) is 0.263. The maximum Gasteiger partial charge on any atom is 0.156 e. The molecule has 0 amide bonds. The molecule has 0 aromatic rings. The number of halogens is 2. The minimum Gasteiger partial charge on any atom is -0.298 e. The summed E-state index contributed by atoms with van der Waals surface area (Å²) in [4.78, 5) is 11.2. The van der Waals surface area contributed by atoms with Crippen molar-refractivity contribution in [1.29, 1.82) is 0 Å². The molecule has 1 unspecified atom stereocenters. The van der Waals surface area contributed by atoms with Gasteiger partial charge >= 0.3 is 0 Å². The highest BCUT2D eigenvalue weighted by molar-refractivity contribution is 9.10. The first-order valence-electron chi connectivity index (χ1n) is 5.45. The molecule has 0 N–H and O–H groups in total. The van der Waals surface area contributed by atoms with E-state index in [-0.39, 0.29) is 10.6 Å². The van der Waals surface area contributed by atoms with Gasteiger partial charge in [0.1, 0.15) is 0 Å². The number of hydrogen-bond acceptors (Lipinski definition) is 1. The lowest BCUT2D eigenvalue weighted by Gasteiger charge is -2.06. The topological polar surface area (TPSA) is 17.1 Å². The highest BCUT2D eigenvalue weighted by atomic mass is 79.9. The molecule has 0 aliphatic rings. The molecule has 1 atom stereocenters. The molecule has 0 aromatic heterocycles. The number of unbranched alkanes of at least 4 members (excludes halogenated alkanes) is 5. The van der Waals surface area contributed by atoms with Crippen LogP contribution in [0.15, 0.2) is 0 Å². The molecule has 0 spiro atoms. The third kappa shape index (κ3) is 7.98. The minimum atomic E-state index is 0.0630. The zero-order valence-corrected chi connectivity index (χ0v) is 12.1. The fourth-order valence-corrected chi connectivity index (χ4v) is 2.66. The smallest absolute Gasteiger partial charge is 0.156 e. The van der Waals surface area contributed by atoms with E-state index in [1.54, 1.807) is 0 Å². The standard InChI is InChI=1S/C11H20Br2O/c1-2-3-4-5-6-7-8-10(13)11(14)9-12/h10H,2-9H2,1H3. The molecule has 0 aromatic carbocycles. The van der Waals surface area contributed by atoms with Gasteiger partial charge in [0, 0.05) is 0 Å². The van der Waals surface area contributed by atoms with Crippen molar-refractivity contribution in [1.82, 2.24) is 0 Å². The molecule has 0 radical (unpaired) electrons. The van der Waals surface area contributed by atoms with Crippen LogP contribution in [-0.2, 0) is 4.79 Å². The Balaban J connectivity index is 3.23. The summed E-state index contributed by atoms with van der Waals surface area (Å²) in [6.07, 6.45) is 8.71. The lowest BCUT2D eigenvalue weighted by atomic mass is 10.1. The number of carbonyl (C=O) groups is 1. The molecule has 0 aliphatic heterocycles. The lowest BCUT2D eigenvalue weighted by molar-refractivity contribution is -0.116. The lowest BCUT2D eigenvalue weighted by Crippen LogP contribution is -2.14. The van der Waals surface area contributed by atoms with Crippen molar-refractivity contribution in [3.05, 3.63) is 0 Å². The Bertz CT molecular complexity index is 148. The van der Waals surface area contributed by atoms with Crippen LogP contribution in [0.25, 0.3) is 0 Å². The van der Waals surface area contributed by atoms with Crippen molar-refractivity contribution < 1.29 is 4.79 Å². The Morgan fingerprint density at radius 2 is 1.71 bits per heavy atom. The van der Waals surface area contributed by atoms with E-state index in [4.69, 9.17) is 0 Å². The summed E-state index contributed by atoms with van der Waals surface area (Å²) < 4.78 is 0. The van der Waals surface area contributed by atoms with Crippen LogP contribution in [0.1, 0.15) is 51.9 Å². The molecule has 0 rings (SSSR count). The van der Waals surface area contributed by atoms with E-state index in [1.165, 1.54) is 38.5 Å². The van der Waals surface area contributed by atoms with Gasteiger partial charge in [0.15, 0.2) is 5.78 Å². The molecule has 0 bridgehead atoms. The van der Waals surface area contributed by atoms with Gasteiger partial charge in [0.05, 0.1) is 10.2 Å². The van der Waals surface area contributed by atoms with Crippen LogP contribution in [-0.4, -0.2) is 15.9 Å². The highest BCUT2D eigenvalue weighted by Gasteiger charge is 2.11. The monoisotopic (exact) mass is 326 g/mol. The van der Waals surface area contributed by atoms with E-state index >= 15 is 0 Å². The Morgan fingerprint density at radius 3 is 2.29 bits per heavy atom. The van der Waals surface area contributed by atoms with E-state index in [1.807, 2.05) is 0 Å². The van der Waals surface area contributed by atoms with Gasteiger partial charge < -0.3 is 0 Å². The first-order chi connectivity index (χ1) is 6.72. The SMILES string of the molecule is CCCCCCCCC(Br)C(=O)CBr. The fourth-order valence-electron chi connectivity index (χ4n) is 1.35. The van der Waals surface area contributed by atoms with Crippen molar-refractivity contribution in [3.63, 3.8) is 0 Å². The van der Waals surface area contributed by atoms with E-state index < -0.39 is 0 Å². The maximum atomic E-state index is 11.2. The number of carbonyl (C=O) groups excluding carboxylic acids is 1. The molecule has 84 valence electrons. The molecular formula is C11H20Br2O. The zero-order valence-electron chi connectivity index (χ0n) is 8.90. The predicted molar refractivity (Wildman–Crippen MR) is 69.5 cm³/mol. The van der Waals surface area contributed by atoms with Crippen molar-refractivity contribution in [3.8, 4) is 0 Å². The van der Waals surface area contributed by atoms with Gasteiger partial charge in [-0.25, -0.2) is 0 Å². The van der Waals surface area contributed by atoms with Crippen LogP contribution in [0.4, 0.5) is 0 Å². The average molecular weight is 328 g/mol. The molecular weight excluding hydrogens is 308 g/mol. The predicted octanol–water partition coefficient (Wildman–Crippen LogP) is 4.46. The minimum absolute atomic E-state index is 0.0630. The zero-order chi connectivity index (χ0) is 10.8. The van der Waals surface area contributed by atoms with E-state index in [0.29, 0.717) is 5.33 Å². The molecule has 0 saturated carbocycles. The van der Waals surface area contributed by atoms with Crippen LogP contribution in [0.3, 0.4) is 0 Å². The Morgan fingerprint density at radius 1 is 1.14 bits per heavy atom. The van der Waals surface area contributed by atoms with E-state index in [0.717, 1.165) is 6.42 Å². The number of alkyl halides is 2. The second-order valence-corrected chi connectivity index (χ2v) is 5.29. The van der Waals surface area contributed by atoms with Gasteiger partial charge in [-0.3, -0.25) is 4.79 Å². The molecule has 0 heterocycles. The van der Waals surface area contributed by atoms with Crippen LogP contribution in [0, 0.1) is 0 Å². The van der Waals surface area contributed by atoms with Crippen LogP contribution in [0.5, 0.6) is 0 Å². The van der Waals surface area contributed by atoms with Crippen molar-refractivity contribution in [2.45, 2.75) is 56.7 Å². The first-order valence-corrected chi connectivity index (χ1v) is 7.48. The highest BCUT2D eigenvalue weighted by Crippen LogP contribution is 2.14. The van der Waals surface area contributed by atoms with Crippen LogP contribution < -0.4 is 0 Å². The van der Waals surface area contributed by atoms with Gasteiger partial charge in [0.2, 0.25) is 0 Å². The molecule has 1 nitrogen and oxygen atoms in total. The summed E-state index contributed by atoms with van der Waals surface area (Å²) in [6.45, 7) is 2.23. The number of hydrogen-bond donors (Lipinski definition) is 0. The molecule has 14 heavy (non-hydrogen) atoms. The Kier molecular flexibility index (Phi) is 10.6. The van der Waals surface area contributed by atoms with Crippen LogP contribution in [0.2, 0.25) is 0 Å². The van der Waals surface area contributed by atoms with Gasteiger partial charge in [-0.15, -0.1) is 0 Å². The number of rotatable bonds is 9. The van der Waals surface area contributed by atoms with E-state index in [9.17, 15) is 4.79 Å². The van der Waals surface area contributed by atoms with Crippen LogP contribution >= 0.6 is 31.9 Å². The first kappa shape index (κ1) is 14.6. The molecule has 0 aliphatic carbocycles. The fraction of sp³-hybridized carbons (Fsp3) is 0.909. The molecule has 0 fully saturated rings. The maximum absolute atomic E-state index is 11.2. The van der Waals surface area contributed by atoms with E-state index in [2.05, 4.69) is 38.8 Å². The number of ketones is 1. The quantitative estimate of drug-likeness (QED) is 0.451. The molecule has 0 saturated heterocycles. The average Bonchev–Trinajstić information content (AvgIpc) is 2.21. The van der Waals surface area contributed by atoms with Gasteiger partial charge in [-0.1, -0.05) is 77.3 Å². The third-order valence-corrected chi connectivity index (χ3v) is 3.81. The number of Topliss-reactive ketones (excluding diaryl/α,β-unsaturated/α-hetero) is 1. The largest absolute Gasteiger partial charge is 0.298 e. The summed E-state index contributed by atoms with van der Waals surface area (Å²) in [7, 11) is 0. The second-order valence-electron chi connectivity index (χ2n) is 3.62. The normalized spacial score (nSPS) is 12.8. The summed E-state index contributed by atoms with van der Waals surface area (Å²) in [5.41, 5.74) is 0. The van der Waals surface area contributed by atoms with Crippen molar-refractivity contribution in [2.75, 3.05) is 5.33 Å². The summed E-state index contributed by atoms with van der Waals surface area (Å²) in [6, 6.07) is 0. The van der Waals surface area contributed by atoms with Crippen molar-refractivity contribution in [2.24, 2.45) is 0 Å². The Hall–Kier alpha value is 0.630. The Labute approximate surface area is 104 Å². The van der Waals surface area contributed by atoms with Gasteiger partial charge in [-0.05, 0) is 6.42 Å². The van der Waals surface area contributed by atoms with Crippen molar-refractivity contribution >= 4 is 37.6 Å². The second kappa shape index (κ2) is 10.2.